The zero-order valence-electron chi connectivity index (χ0n) is 8.09. The highest BCUT2D eigenvalue weighted by atomic mass is 19.1. The zero-order chi connectivity index (χ0) is 10.4. The van der Waals surface area contributed by atoms with Crippen LogP contribution in [-0.2, 0) is 0 Å². The second-order valence-corrected chi connectivity index (χ2v) is 4.00. The molecule has 0 amide bonds. The fourth-order valence-corrected chi connectivity index (χ4v) is 1.89. The molecule has 1 aromatic carbocycles. The van der Waals surface area contributed by atoms with Crippen LogP contribution in [-0.4, -0.2) is 10.8 Å². The predicted octanol–water partition coefficient (Wildman–Crippen LogP) is 2.90. The Morgan fingerprint density at radius 3 is 2.93 bits per heavy atom. The standard InChI is InChI=1S/C12H10FNO/c13-10-3-1-2-8-9(6-14-11(8)10)12(15)7-4-5-7/h1-3,6-7,14H,4-5H2. The van der Waals surface area contributed by atoms with Crippen molar-refractivity contribution in [3.8, 4) is 0 Å². The summed E-state index contributed by atoms with van der Waals surface area (Å²) in [6.07, 6.45) is 3.57. The molecule has 3 rings (SSSR count). The van der Waals surface area contributed by atoms with Crippen molar-refractivity contribution in [2.24, 2.45) is 5.92 Å². The Labute approximate surface area is 86.1 Å². The minimum atomic E-state index is -0.303. The van der Waals surface area contributed by atoms with Crippen molar-refractivity contribution in [2.45, 2.75) is 12.8 Å². The van der Waals surface area contributed by atoms with E-state index in [0.29, 0.717) is 16.5 Å². The van der Waals surface area contributed by atoms with E-state index in [-0.39, 0.29) is 17.5 Å². The van der Waals surface area contributed by atoms with Crippen molar-refractivity contribution in [1.82, 2.24) is 4.98 Å². The number of hydrogen-bond donors (Lipinski definition) is 1. The number of carbonyl (C=O) groups is 1. The molecule has 2 nitrogen and oxygen atoms in total. The number of carbonyl (C=O) groups excluding carboxylic acids is 1. The lowest BCUT2D eigenvalue weighted by atomic mass is 10.1. The number of Topliss-reactive ketones (excluding diaryl/α,β-unsaturated/α-hetero) is 1. The van der Waals surface area contributed by atoms with Gasteiger partial charge in [0, 0.05) is 23.1 Å². The Morgan fingerprint density at radius 1 is 1.40 bits per heavy atom. The summed E-state index contributed by atoms with van der Waals surface area (Å²) in [4.78, 5) is 14.7. The molecule has 15 heavy (non-hydrogen) atoms. The second-order valence-electron chi connectivity index (χ2n) is 4.00. The van der Waals surface area contributed by atoms with Gasteiger partial charge in [-0.25, -0.2) is 4.39 Å². The zero-order valence-corrected chi connectivity index (χ0v) is 8.09. The van der Waals surface area contributed by atoms with Crippen LogP contribution in [0.25, 0.3) is 10.9 Å². The molecule has 3 heteroatoms. The number of fused-ring (bicyclic) bond motifs is 1. The van der Waals surface area contributed by atoms with E-state index in [0.717, 1.165) is 12.8 Å². The molecule has 1 aliphatic carbocycles. The van der Waals surface area contributed by atoms with Crippen LogP contribution in [0.5, 0.6) is 0 Å². The number of aromatic nitrogens is 1. The van der Waals surface area contributed by atoms with E-state index in [1.54, 1.807) is 18.3 Å². The van der Waals surface area contributed by atoms with Gasteiger partial charge in [0.15, 0.2) is 5.78 Å². The largest absolute Gasteiger partial charge is 0.358 e. The maximum absolute atomic E-state index is 13.3. The van der Waals surface area contributed by atoms with Crippen LogP contribution in [0.3, 0.4) is 0 Å². The molecule has 1 heterocycles. The number of hydrogen-bond acceptors (Lipinski definition) is 1. The maximum atomic E-state index is 13.3. The van der Waals surface area contributed by atoms with Crippen LogP contribution >= 0.6 is 0 Å². The molecule has 0 saturated heterocycles. The van der Waals surface area contributed by atoms with E-state index in [4.69, 9.17) is 0 Å². The van der Waals surface area contributed by atoms with Crippen molar-refractivity contribution < 1.29 is 9.18 Å². The third-order valence-electron chi connectivity index (χ3n) is 2.88. The fourth-order valence-electron chi connectivity index (χ4n) is 1.89. The lowest BCUT2D eigenvalue weighted by Gasteiger charge is -1.96. The van der Waals surface area contributed by atoms with Gasteiger partial charge in [0.05, 0.1) is 5.52 Å². The molecule has 1 N–H and O–H groups in total. The van der Waals surface area contributed by atoms with E-state index in [1.165, 1.54) is 6.07 Å². The van der Waals surface area contributed by atoms with Gasteiger partial charge in [-0.1, -0.05) is 12.1 Å². The Kier molecular flexibility index (Phi) is 1.69. The van der Waals surface area contributed by atoms with E-state index >= 15 is 0 Å². The van der Waals surface area contributed by atoms with Crippen molar-refractivity contribution in [3.63, 3.8) is 0 Å². The average Bonchev–Trinajstić information content (AvgIpc) is 2.98. The summed E-state index contributed by atoms with van der Waals surface area (Å²) in [6, 6.07) is 4.81. The Morgan fingerprint density at radius 2 is 2.20 bits per heavy atom. The molecule has 76 valence electrons. The van der Waals surface area contributed by atoms with Crippen LogP contribution in [0.2, 0.25) is 0 Å². The first kappa shape index (κ1) is 8.65. The van der Waals surface area contributed by atoms with Crippen LogP contribution < -0.4 is 0 Å². The Bertz CT molecular complexity index is 540. The number of ketones is 1. The quantitative estimate of drug-likeness (QED) is 0.748. The van der Waals surface area contributed by atoms with E-state index < -0.39 is 0 Å². The topological polar surface area (TPSA) is 32.9 Å². The molecular weight excluding hydrogens is 193 g/mol. The van der Waals surface area contributed by atoms with Crippen molar-refractivity contribution >= 4 is 16.7 Å². The van der Waals surface area contributed by atoms with Gasteiger partial charge in [-0.05, 0) is 18.9 Å². The monoisotopic (exact) mass is 203 g/mol. The lowest BCUT2D eigenvalue weighted by molar-refractivity contribution is 0.0969. The van der Waals surface area contributed by atoms with Gasteiger partial charge in [-0.15, -0.1) is 0 Å². The van der Waals surface area contributed by atoms with Gasteiger partial charge in [0.1, 0.15) is 5.82 Å². The summed E-state index contributed by atoms with van der Waals surface area (Å²) < 4.78 is 13.3. The Balaban J connectivity index is 2.19. The molecular formula is C12H10FNO. The lowest BCUT2D eigenvalue weighted by Crippen LogP contribution is -1.99. The van der Waals surface area contributed by atoms with Gasteiger partial charge in [0.25, 0.3) is 0 Å². The smallest absolute Gasteiger partial charge is 0.168 e. The highest BCUT2D eigenvalue weighted by molar-refractivity contribution is 6.09. The first-order chi connectivity index (χ1) is 7.27. The molecule has 0 unspecified atom stereocenters. The van der Waals surface area contributed by atoms with Gasteiger partial charge in [0.2, 0.25) is 0 Å². The number of aromatic amines is 1. The van der Waals surface area contributed by atoms with Crippen LogP contribution in [0.15, 0.2) is 24.4 Å². The minimum Gasteiger partial charge on any atom is -0.358 e. The molecule has 1 saturated carbocycles. The molecule has 2 aromatic rings. The molecule has 1 fully saturated rings. The number of para-hydroxylation sites is 1. The normalized spacial score (nSPS) is 15.8. The summed E-state index contributed by atoms with van der Waals surface area (Å²) in [5.74, 6) is 0.0152. The van der Waals surface area contributed by atoms with Gasteiger partial charge < -0.3 is 4.98 Å². The molecule has 0 radical (unpaired) electrons. The summed E-state index contributed by atoms with van der Waals surface area (Å²) >= 11 is 0. The summed E-state index contributed by atoms with van der Waals surface area (Å²) in [5.41, 5.74) is 1.06. The SMILES string of the molecule is O=C(c1c[nH]c2c(F)cccc12)C1CC1. The molecule has 0 aliphatic heterocycles. The number of halogens is 1. The third kappa shape index (κ3) is 1.27. The van der Waals surface area contributed by atoms with Crippen LogP contribution in [0.1, 0.15) is 23.2 Å². The second kappa shape index (κ2) is 2.92. The summed E-state index contributed by atoms with van der Waals surface area (Å²) in [7, 11) is 0. The van der Waals surface area contributed by atoms with Crippen molar-refractivity contribution in [1.29, 1.82) is 0 Å². The van der Waals surface area contributed by atoms with Gasteiger partial charge in [-0.2, -0.15) is 0 Å². The number of rotatable bonds is 2. The highest BCUT2D eigenvalue weighted by Crippen LogP contribution is 2.34. The summed E-state index contributed by atoms with van der Waals surface area (Å²) in [5, 5.41) is 0.701. The third-order valence-corrected chi connectivity index (χ3v) is 2.88. The first-order valence-electron chi connectivity index (χ1n) is 5.07. The highest BCUT2D eigenvalue weighted by Gasteiger charge is 2.31. The molecule has 0 bridgehead atoms. The van der Waals surface area contributed by atoms with Gasteiger partial charge >= 0.3 is 0 Å². The van der Waals surface area contributed by atoms with E-state index in [9.17, 15) is 9.18 Å². The number of H-pyrrole nitrogens is 1. The number of benzene rings is 1. The number of nitrogens with one attached hydrogen (secondary N) is 1. The first-order valence-corrected chi connectivity index (χ1v) is 5.07. The van der Waals surface area contributed by atoms with E-state index in [2.05, 4.69) is 4.98 Å². The minimum absolute atomic E-state index is 0.145. The average molecular weight is 203 g/mol. The van der Waals surface area contributed by atoms with Crippen molar-refractivity contribution in [2.75, 3.05) is 0 Å². The Hall–Kier alpha value is -1.64. The van der Waals surface area contributed by atoms with Crippen LogP contribution in [0.4, 0.5) is 4.39 Å². The molecule has 1 aliphatic rings. The predicted molar refractivity (Wildman–Crippen MR) is 55.3 cm³/mol. The fraction of sp³-hybridized carbons (Fsp3) is 0.250. The van der Waals surface area contributed by atoms with Gasteiger partial charge in [-0.3, -0.25) is 4.79 Å². The van der Waals surface area contributed by atoms with E-state index in [1.807, 2.05) is 0 Å². The van der Waals surface area contributed by atoms with Crippen LogP contribution in [0, 0.1) is 11.7 Å². The molecule has 0 spiro atoms. The summed E-state index contributed by atoms with van der Waals surface area (Å²) in [6.45, 7) is 0. The van der Waals surface area contributed by atoms with Crippen molar-refractivity contribution in [3.05, 3.63) is 35.8 Å². The maximum Gasteiger partial charge on any atom is 0.168 e. The molecule has 1 aromatic heterocycles. The molecule has 0 atom stereocenters.